The maximum absolute atomic E-state index is 4.27. The van der Waals surface area contributed by atoms with Crippen molar-refractivity contribution >= 4 is 11.2 Å². The van der Waals surface area contributed by atoms with E-state index in [1.807, 2.05) is 6.07 Å². The van der Waals surface area contributed by atoms with E-state index in [1.54, 1.807) is 12.4 Å². The number of hydrogen-bond acceptors (Lipinski definition) is 2. The summed E-state index contributed by atoms with van der Waals surface area (Å²) in [6.07, 6.45) is 3.41. The van der Waals surface area contributed by atoms with Gasteiger partial charge in [-0.25, -0.2) is 4.98 Å². The minimum atomic E-state index is 0.834. The van der Waals surface area contributed by atoms with Gasteiger partial charge in [-0.05, 0) is 42.7 Å². The fraction of sp³-hybridized carbons (Fsp3) is 0.143. The predicted octanol–water partition coefficient (Wildman–Crippen LogP) is 3.24. The number of nitrogens with zero attached hydrogens (tertiary/aromatic N) is 2. The zero-order valence-corrected chi connectivity index (χ0v) is 9.86. The van der Waals surface area contributed by atoms with Crippen molar-refractivity contribution in [1.82, 2.24) is 15.0 Å². The van der Waals surface area contributed by atoms with Crippen LogP contribution >= 0.6 is 0 Å². The van der Waals surface area contributed by atoms with Gasteiger partial charge in [0.15, 0.2) is 5.65 Å². The number of benzene rings is 1. The second-order valence-corrected chi connectivity index (χ2v) is 4.27. The van der Waals surface area contributed by atoms with Gasteiger partial charge in [-0.15, -0.1) is 0 Å². The van der Waals surface area contributed by atoms with Gasteiger partial charge < -0.3 is 4.98 Å². The summed E-state index contributed by atoms with van der Waals surface area (Å²) in [6, 6.07) is 8.47. The number of fused-ring (bicyclic) bond motifs is 1. The van der Waals surface area contributed by atoms with Gasteiger partial charge in [0, 0.05) is 18.1 Å². The van der Waals surface area contributed by atoms with Gasteiger partial charge in [0.25, 0.3) is 0 Å². The highest BCUT2D eigenvalue weighted by Crippen LogP contribution is 2.23. The normalized spacial score (nSPS) is 10.9. The van der Waals surface area contributed by atoms with Crippen LogP contribution in [0, 0.1) is 13.8 Å². The van der Waals surface area contributed by atoms with E-state index < -0.39 is 0 Å². The molecule has 2 aromatic heterocycles. The van der Waals surface area contributed by atoms with E-state index in [9.17, 15) is 0 Å². The number of aromatic amines is 1. The molecule has 17 heavy (non-hydrogen) atoms. The molecule has 0 radical (unpaired) electrons. The summed E-state index contributed by atoms with van der Waals surface area (Å²) in [4.78, 5) is 11.8. The van der Waals surface area contributed by atoms with Crippen LogP contribution in [0.4, 0.5) is 0 Å². The van der Waals surface area contributed by atoms with E-state index in [2.05, 4.69) is 47.0 Å². The van der Waals surface area contributed by atoms with Crippen LogP contribution in [-0.2, 0) is 0 Å². The van der Waals surface area contributed by atoms with E-state index in [-0.39, 0.29) is 0 Å². The number of rotatable bonds is 1. The van der Waals surface area contributed by atoms with Crippen molar-refractivity contribution < 1.29 is 0 Å². The molecule has 0 saturated heterocycles. The molecule has 0 spiro atoms. The van der Waals surface area contributed by atoms with Crippen LogP contribution in [0.5, 0.6) is 0 Å². The minimum Gasteiger partial charge on any atom is -0.338 e. The van der Waals surface area contributed by atoms with E-state index >= 15 is 0 Å². The molecule has 84 valence electrons. The Morgan fingerprint density at radius 3 is 2.53 bits per heavy atom. The predicted molar refractivity (Wildman–Crippen MR) is 68.8 cm³/mol. The lowest BCUT2D eigenvalue weighted by Crippen LogP contribution is -1.83. The van der Waals surface area contributed by atoms with Crippen molar-refractivity contribution in [2.45, 2.75) is 13.8 Å². The van der Waals surface area contributed by atoms with Gasteiger partial charge in [-0.2, -0.15) is 0 Å². The Balaban J connectivity index is 2.17. The first-order chi connectivity index (χ1) is 8.24. The molecule has 0 bridgehead atoms. The Hall–Kier alpha value is -2.16. The number of nitrogens with one attached hydrogen (secondary N) is 1. The number of hydrogen-bond donors (Lipinski definition) is 1. The molecular formula is C14H13N3. The van der Waals surface area contributed by atoms with Gasteiger partial charge >= 0.3 is 0 Å². The number of aromatic nitrogens is 3. The van der Waals surface area contributed by atoms with E-state index in [4.69, 9.17) is 0 Å². The van der Waals surface area contributed by atoms with Crippen molar-refractivity contribution in [3.63, 3.8) is 0 Å². The lowest BCUT2D eigenvalue weighted by Gasteiger charge is -2.02. The molecular weight excluding hydrogens is 210 g/mol. The third kappa shape index (κ3) is 1.69. The second-order valence-electron chi connectivity index (χ2n) is 4.27. The summed E-state index contributed by atoms with van der Waals surface area (Å²) in [5, 5.41) is 0. The maximum atomic E-state index is 4.27. The van der Waals surface area contributed by atoms with Gasteiger partial charge in [-0.3, -0.25) is 4.98 Å². The molecule has 1 N–H and O–H groups in total. The molecule has 0 fully saturated rings. The Morgan fingerprint density at radius 2 is 1.76 bits per heavy atom. The van der Waals surface area contributed by atoms with E-state index in [1.165, 1.54) is 16.7 Å². The van der Waals surface area contributed by atoms with Gasteiger partial charge in [0.1, 0.15) is 5.52 Å². The minimum absolute atomic E-state index is 0.834. The Labute approximate surface area is 99.5 Å². The smallest absolute Gasteiger partial charge is 0.156 e. The molecule has 3 aromatic rings. The molecule has 0 aliphatic rings. The Kier molecular flexibility index (Phi) is 2.18. The lowest BCUT2D eigenvalue weighted by atomic mass is 10.0. The fourth-order valence-electron chi connectivity index (χ4n) is 1.92. The van der Waals surface area contributed by atoms with Crippen molar-refractivity contribution in [2.75, 3.05) is 0 Å². The zero-order chi connectivity index (χ0) is 11.8. The molecule has 3 rings (SSSR count). The van der Waals surface area contributed by atoms with Gasteiger partial charge in [0.05, 0.1) is 0 Å². The summed E-state index contributed by atoms with van der Waals surface area (Å²) in [7, 11) is 0. The van der Waals surface area contributed by atoms with Crippen molar-refractivity contribution in [3.8, 4) is 11.3 Å². The second kappa shape index (κ2) is 3.70. The van der Waals surface area contributed by atoms with Crippen molar-refractivity contribution in [1.29, 1.82) is 0 Å². The molecule has 0 unspecified atom stereocenters. The fourth-order valence-corrected chi connectivity index (χ4v) is 1.92. The topological polar surface area (TPSA) is 41.6 Å². The average molecular weight is 223 g/mol. The van der Waals surface area contributed by atoms with Crippen molar-refractivity contribution in [3.05, 3.63) is 47.8 Å². The highest BCUT2D eigenvalue weighted by Gasteiger charge is 2.05. The van der Waals surface area contributed by atoms with E-state index in [0.717, 1.165) is 16.9 Å². The molecule has 1 aromatic carbocycles. The van der Waals surface area contributed by atoms with Crippen LogP contribution in [0.2, 0.25) is 0 Å². The summed E-state index contributed by atoms with van der Waals surface area (Å²) in [6.45, 7) is 4.24. The van der Waals surface area contributed by atoms with Gasteiger partial charge in [-0.1, -0.05) is 12.1 Å². The van der Waals surface area contributed by atoms with Crippen LogP contribution < -0.4 is 0 Å². The molecule has 2 heterocycles. The van der Waals surface area contributed by atoms with Crippen LogP contribution in [0.3, 0.4) is 0 Å². The monoisotopic (exact) mass is 223 g/mol. The zero-order valence-electron chi connectivity index (χ0n) is 9.86. The molecule has 0 aliphatic heterocycles. The molecule has 3 nitrogen and oxygen atoms in total. The lowest BCUT2D eigenvalue weighted by molar-refractivity contribution is 1.26. The molecule has 0 saturated carbocycles. The number of H-pyrrole nitrogens is 1. The molecule has 0 amide bonds. The maximum Gasteiger partial charge on any atom is 0.156 e. The SMILES string of the molecule is Cc1ccc(-c2cc3nccnc3[nH]2)cc1C. The standard InChI is InChI=1S/C14H13N3/c1-9-3-4-11(7-10(9)2)12-8-13-14(17-12)16-6-5-15-13/h3-8H,1-2H3,(H,16,17). The van der Waals surface area contributed by atoms with Crippen LogP contribution in [0.25, 0.3) is 22.4 Å². The first-order valence-corrected chi connectivity index (χ1v) is 5.61. The number of aryl methyl sites for hydroxylation is 2. The third-order valence-electron chi connectivity index (χ3n) is 3.08. The first kappa shape index (κ1) is 10.0. The largest absolute Gasteiger partial charge is 0.338 e. The van der Waals surface area contributed by atoms with E-state index in [0.29, 0.717) is 0 Å². The third-order valence-corrected chi connectivity index (χ3v) is 3.08. The molecule has 0 aliphatic carbocycles. The molecule has 3 heteroatoms. The summed E-state index contributed by atoms with van der Waals surface area (Å²) in [5.74, 6) is 0. The summed E-state index contributed by atoms with van der Waals surface area (Å²) < 4.78 is 0. The Bertz CT molecular complexity index is 650. The Morgan fingerprint density at radius 1 is 0.941 bits per heavy atom. The molecule has 0 atom stereocenters. The summed E-state index contributed by atoms with van der Waals surface area (Å²) in [5.41, 5.74) is 6.58. The summed E-state index contributed by atoms with van der Waals surface area (Å²) >= 11 is 0. The average Bonchev–Trinajstić information content (AvgIpc) is 2.76. The van der Waals surface area contributed by atoms with Crippen LogP contribution in [-0.4, -0.2) is 15.0 Å². The first-order valence-electron chi connectivity index (χ1n) is 5.61. The van der Waals surface area contributed by atoms with Crippen LogP contribution in [0.1, 0.15) is 11.1 Å². The quantitative estimate of drug-likeness (QED) is 0.688. The van der Waals surface area contributed by atoms with Crippen LogP contribution in [0.15, 0.2) is 36.7 Å². The highest BCUT2D eigenvalue weighted by atomic mass is 14.9. The van der Waals surface area contributed by atoms with Gasteiger partial charge in [0.2, 0.25) is 0 Å². The highest BCUT2D eigenvalue weighted by molar-refractivity contribution is 5.79. The van der Waals surface area contributed by atoms with Crippen molar-refractivity contribution in [2.24, 2.45) is 0 Å².